The third-order valence-corrected chi connectivity index (χ3v) is 10.9. The fourth-order valence-corrected chi connectivity index (χ4v) is 8.05. The Labute approximate surface area is 315 Å². The van der Waals surface area contributed by atoms with Crippen molar-refractivity contribution in [2.24, 2.45) is 5.92 Å². The number of aryl methyl sites for hydroxylation is 1. The van der Waals surface area contributed by atoms with Crippen molar-refractivity contribution in [3.8, 4) is 11.3 Å². The predicted molar refractivity (Wildman–Crippen MR) is 211 cm³/mol. The summed E-state index contributed by atoms with van der Waals surface area (Å²) in [5.74, 6) is 1.01. The maximum atomic E-state index is 15.1. The van der Waals surface area contributed by atoms with Gasteiger partial charge in [0, 0.05) is 94.3 Å². The van der Waals surface area contributed by atoms with Gasteiger partial charge < -0.3 is 24.6 Å². The molecule has 0 aliphatic carbocycles. The van der Waals surface area contributed by atoms with Crippen LogP contribution in [0.5, 0.6) is 0 Å². The number of nitrogens with one attached hydrogen (secondary N) is 2. The summed E-state index contributed by atoms with van der Waals surface area (Å²) >= 11 is 0. The van der Waals surface area contributed by atoms with E-state index < -0.39 is 11.6 Å². The van der Waals surface area contributed by atoms with Crippen molar-refractivity contribution in [1.82, 2.24) is 39.6 Å². The van der Waals surface area contributed by atoms with E-state index in [9.17, 15) is 0 Å². The van der Waals surface area contributed by atoms with Crippen LogP contribution in [0.1, 0.15) is 44.1 Å². The van der Waals surface area contributed by atoms with Crippen LogP contribution in [0, 0.1) is 24.5 Å². The molecule has 5 aromatic rings. The second kappa shape index (κ2) is 15.8. The Morgan fingerprint density at radius 1 is 0.852 bits per heavy atom. The molecule has 3 aliphatic heterocycles. The number of rotatable bonds is 10. The zero-order chi connectivity index (χ0) is 37.2. The van der Waals surface area contributed by atoms with E-state index in [2.05, 4.69) is 86.7 Å². The van der Waals surface area contributed by atoms with E-state index in [1.807, 2.05) is 43.7 Å². The first-order chi connectivity index (χ1) is 26.3. The molecule has 3 aliphatic rings. The number of hydrogen-bond donors (Lipinski definition) is 2. The van der Waals surface area contributed by atoms with E-state index in [4.69, 9.17) is 0 Å². The van der Waals surface area contributed by atoms with E-state index >= 15 is 8.78 Å². The average molecular weight is 734 g/mol. The highest BCUT2D eigenvalue weighted by molar-refractivity contribution is 5.83. The number of pyridine rings is 1. The molecule has 0 bridgehead atoms. The Kier molecular flexibility index (Phi) is 10.5. The van der Waals surface area contributed by atoms with Crippen LogP contribution in [0.2, 0.25) is 0 Å². The van der Waals surface area contributed by atoms with Gasteiger partial charge in [-0.05, 0) is 87.6 Å². The fourth-order valence-electron chi connectivity index (χ4n) is 8.05. The molecular weight excluding hydrogens is 685 g/mol. The van der Waals surface area contributed by atoms with Gasteiger partial charge in [0.2, 0.25) is 5.95 Å². The number of anilines is 4. The fraction of sp³-hybridized carbons (Fsp3) is 0.415. The van der Waals surface area contributed by atoms with E-state index in [0.29, 0.717) is 22.7 Å². The molecule has 2 saturated heterocycles. The summed E-state index contributed by atoms with van der Waals surface area (Å²) in [6.07, 6.45) is 9.74. The Bertz CT molecular complexity index is 2080. The van der Waals surface area contributed by atoms with E-state index in [0.717, 1.165) is 76.7 Å². The topological polar surface area (TPSA) is 93.5 Å². The van der Waals surface area contributed by atoms with Crippen molar-refractivity contribution in [2.45, 2.75) is 46.2 Å². The van der Waals surface area contributed by atoms with Gasteiger partial charge in [-0.15, -0.1) is 0 Å². The number of nitrogens with zero attached hydrogens (tertiary/aromatic N) is 9. The van der Waals surface area contributed by atoms with Crippen LogP contribution in [0.25, 0.3) is 22.3 Å². The molecule has 0 unspecified atom stereocenters. The molecule has 2 N–H and O–H groups in total. The Morgan fingerprint density at radius 2 is 1.61 bits per heavy atom. The minimum atomic E-state index is -0.637. The molecule has 0 spiro atoms. The molecule has 3 aromatic heterocycles. The smallest absolute Gasteiger partial charge is 0.229 e. The standard InChI is InChI=1S/C41H49F2N11/c1-28(2)54-29(3)47-40-35(42)21-32(22-37(40)54)39-36(43)24-46-41(49-39)48-38-10-5-31(23-45-38)26-51-19-17-50(18-20-51)25-30-11-15-52(16-12-30)33-6-8-34(9-7-33)53-14-4-13-44-27-53/h4-10,14,21-24,28,30,44H,11-13,15-20,25-27H2,1-3H3,(H,45,46,48,49). The first-order valence-electron chi connectivity index (χ1n) is 19.1. The number of piperazine rings is 1. The van der Waals surface area contributed by atoms with E-state index in [1.54, 1.807) is 6.07 Å². The second-order valence-corrected chi connectivity index (χ2v) is 15.0. The van der Waals surface area contributed by atoms with Crippen molar-refractivity contribution in [2.75, 3.05) is 74.1 Å². The van der Waals surface area contributed by atoms with Gasteiger partial charge >= 0.3 is 0 Å². The summed E-state index contributed by atoms with van der Waals surface area (Å²) in [6, 6.07) is 16.0. The zero-order valence-electron chi connectivity index (χ0n) is 31.3. The lowest BCUT2D eigenvalue weighted by atomic mass is 9.95. The number of halogens is 2. The summed E-state index contributed by atoms with van der Waals surface area (Å²) < 4.78 is 32.1. The van der Waals surface area contributed by atoms with Crippen LogP contribution >= 0.6 is 0 Å². The third kappa shape index (κ3) is 7.94. The van der Waals surface area contributed by atoms with Crippen molar-refractivity contribution in [3.05, 3.63) is 96.2 Å². The predicted octanol–water partition coefficient (Wildman–Crippen LogP) is 6.71. The number of fused-ring (bicyclic) bond motifs is 1. The van der Waals surface area contributed by atoms with Gasteiger partial charge in [0.25, 0.3) is 0 Å². The number of aromatic nitrogens is 5. The molecule has 0 atom stereocenters. The molecule has 6 heterocycles. The van der Waals surface area contributed by atoms with E-state index in [1.165, 1.54) is 36.8 Å². The van der Waals surface area contributed by atoms with Gasteiger partial charge in [-0.3, -0.25) is 10.2 Å². The summed E-state index contributed by atoms with van der Waals surface area (Å²) in [4.78, 5) is 27.4. The molecule has 2 aromatic carbocycles. The minimum absolute atomic E-state index is 0.00821. The van der Waals surface area contributed by atoms with Crippen LogP contribution in [0.15, 0.2) is 73.2 Å². The highest BCUT2D eigenvalue weighted by atomic mass is 19.1. The third-order valence-electron chi connectivity index (χ3n) is 10.9. The molecule has 54 heavy (non-hydrogen) atoms. The zero-order valence-corrected chi connectivity index (χ0v) is 31.3. The Hall–Kier alpha value is -4.98. The quantitative estimate of drug-likeness (QED) is 0.161. The number of hydrogen-bond acceptors (Lipinski definition) is 10. The van der Waals surface area contributed by atoms with Crippen molar-refractivity contribution in [3.63, 3.8) is 0 Å². The SMILES string of the molecule is Cc1nc2c(F)cc(-c3nc(Nc4ccc(CN5CCN(CC6CCN(c7ccc(N8C=CCNC8)cc7)CC6)CC5)cn4)ncc3F)cc2n1C(C)C. The lowest BCUT2D eigenvalue weighted by molar-refractivity contribution is 0.108. The maximum Gasteiger partial charge on any atom is 0.229 e. The van der Waals surface area contributed by atoms with Gasteiger partial charge in [0.15, 0.2) is 11.6 Å². The van der Waals surface area contributed by atoms with E-state index in [-0.39, 0.29) is 23.2 Å². The highest BCUT2D eigenvalue weighted by Crippen LogP contribution is 2.31. The largest absolute Gasteiger partial charge is 0.372 e. The summed E-state index contributed by atoms with van der Waals surface area (Å²) in [6.45, 7) is 16.1. The number of imidazole rings is 1. The van der Waals surface area contributed by atoms with Gasteiger partial charge in [-0.2, -0.15) is 0 Å². The first-order valence-corrected chi connectivity index (χ1v) is 19.1. The van der Waals surface area contributed by atoms with Crippen molar-refractivity contribution >= 4 is 34.2 Å². The van der Waals surface area contributed by atoms with Crippen molar-refractivity contribution in [1.29, 1.82) is 0 Å². The van der Waals surface area contributed by atoms with Gasteiger partial charge in [-0.25, -0.2) is 28.7 Å². The lowest BCUT2D eigenvalue weighted by Gasteiger charge is -2.39. The monoisotopic (exact) mass is 733 g/mol. The van der Waals surface area contributed by atoms with Crippen LogP contribution in [-0.4, -0.2) is 93.3 Å². The molecule has 0 saturated carbocycles. The lowest BCUT2D eigenvalue weighted by Crippen LogP contribution is -2.48. The minimum Gasteiger partial charge on any atom is -0.372 e. The molecule has 8 rings (SSSR count). The summed E-state index contributed by atoms with van der Waals surface area (Å²) in [5.41, 5.74) is 4.86. The molecule has 0 radical (unpaired) electrons. The molecule has 13 heteroatoms. The molecular formula is C41H49F2N11. The highest BCUT2D eigenvalue weighted by Gasteiger charge is 2.25. The molecule has 282 valence electrons. The van der Waals surface area contributed by atoms with Crippen LogP contribution < -0.4 is 20.4 Å². The maximum absolute atomic E-state index is 15.1. The first kappa shape index (κ1) is 36.0. The second-order valence-electron chi connectivity index (χ2n) is 15.0. The van der Waals surface area contributed by atoms with Gasteiger partial charge in [0.1, 0.15) is 22.9 Å². The normalized spacial score (nSPS) is 17.6. The summed E-state index contributed by atoms with van der Waals surface area (Å²) in [7, 11) is 0. The van der Waals surface area contributed by atoms with Crippen LogP contribution in [-0.2, 0) is 6.54 Å². The molecule has 0 amide bonds. The Morgan fingerprint density at radius 3 is 2.31 bits per heavy atom. The van der Waals surface area contributed by atoms with Crippen LogP contribution in [0.4, 0.5) is 31.9 Å². The van der Waals surface area contributed by atoms with Crippen molar-refractivity contribution < 1.29 is 8.78 Å². The Balaban J connectivity index is 0.805. The van der Waals surface area contributed by atoms with Crippen LogP contribution in [0.3, 0.4) is 0 Å². The molecule has 2 fully saturated rings. The van der Waals surface area contributed by atoms with Gasteiger partial charge in [0.05, 0.1) is 18.4 Å². The summed E-state index contributed by atoms with van der Waals surface area (Å²) in [5, 5.41) is 6.47. The van der Waals surface area contributed by atoms with Gasteiger partial charge in [-0.1, -0.05) is 12.1 Å². The average Bonchev–Trinajstić information content (AvgIpc) is 3.54. The number of piperidine rings is 1. The molecule has 11 nitrogen and oxygen atoms in total. The number of benzene rings is 2.